The number of esters is 1. The lowest BCUT2D eigenvalue weighted by Crippen LogP contribution is -2.27. The van der Waals surface area contributed by atoms with E-state index in [4.69, 9.17) is 37.4 Å². The lowest BCUT2D eigenvalue weighted by atomic mass is 10.0. The first-order valence-electron chi connectivity index (χ1n) is 16.0. The molecule has 4 rings (SSSR count). The number of hydrogen-bond donors (Lipinski definition) is 1. The van der Waals surface area contributed by atoms with Crippen molar-refractivity contribution in [2.75, 3.05) is 44.8 Å². The number of carbonyl (C=O) groups is 1. The minimum Gasteiger partial charge on any atom is -0.494 e. The first-order valence-corrected chi connectivity index (χ1v) is 16.8. The van der Waals surface area contributed by atoms with Crippen LogP contribution in [0, 0.1) is 0 Å². The number of epoxide rings is 1. The van der Waals surface area contributed by atoms with Gasteiger partial charge in [-0.05, 0) is 114 Å². The molecule has 1 unspecified atom stereocenters. The van der Waals surface area contributed by atoms with Crippen LogP contribution in [0.1, 0.15) is 72.6 Å². The summed E-state index contributed by atoms with van der Waals surface area (Å²) < 4.78 is 16.0. The molecule has 0 spiro atoms. The van der Waals surface area contributed by atoms with Gasteiger partial charge in [-0.25, -0.2) is 4.79 Å². The number of nitrogens with zero attached hydrogens (tertiary/aromatic N) is 2. The maximum absolute atomic E-state index is 11.7. The number of fused-ring (bicyclic) bond motifs is 1. The smallest absolute Gasteiger partial charge is 0.340 e. The molecule has 9 heteroatoms. The Morgan fingerprint density at radius 2 is 1.70 bits per heavy atom. The highest BCUT2D eigenvalue weighted by Crippen LogP contribution is 2.34. The molecule has 1 aromatic heterocycles. The molecule has 0 bridgehead atoms. The van der Waals surface area contributed by atoms with Crippen LogP contribution in [-0.2, 0) is 14.3 Å². The first-order chi connectivity index (χ1) is 21.3. The van der Waals surface area contributed by atoms with E-state index in [2.05, 4.69) is 36.0 Å². The van der Waals surface area contributed by atoms with E-state index < -0.39 is 5.60 Å². The molecule has 242 valence electrons. The van der Waals surface area contributed by atoms with Gasteiger partial charge >= 0.3 is 5.97 Å². The van der Waals surface area contributed by atoms with Gasteiger partial charge in [-0.3, -0.25) is 4.98 Å². The van der Waals surface area contributed by atoms with Crippen LogP contribution in [0.3, 0.4) is 0 Å². The zero-order chi connectivity index (χ0) is 31.8. The second-order valence-electron chi connectivity index (χ2n) is 11.2. The van der Waals surface area contributed by atoms with E-state index in [1.54, 1.807) is 0 Å². The summed E-state index contributed by atoms with van der Waals surface area (Å²) in [6.45, 7) is 13.5. The van der Waals surface area contributed by atoms with Crippen molar-refractivity contribution in [1.29, 1.82) is 0 Å². The molecule has 0 aliphatic carbocycles. The van der Waals surface area contributed by atoms with Crippen molar-refractivity contribution in [3.05, 3.63) is 64.8 Å². The van der Waals surface area contributed by atoms with Gasteiger partial charge in [0.25, 0.3) is 0 Å². The number of benzene rings is 2. The molecular weight excluding hydrogens is 597 g/mol. The molecule has 0 amide bonds. The molecule has 2 atom stereocenters. The number of ether oxygens (including phenoxy) is 3. The summed E-state index contributed by atoms with van der Waals surface area (Å²) in [5.74, 6) is 0.637. The van der Waals surface area contributed by atoms with Gasteiger partial charge in [0.1, 0.15) is 5.75 Å². The normalized spacial score (nSPS) is 16.2. The maximum atomic E-state index is 11.7. The third kappa shape index (κ3) is 12.1. The molecule has 1 saturated heterocycles. The SMILES string of the molecule is CCN(CC)CCCC(C)Nc1ccnc2cc(Cl)ccc12.CCOC(=O)[C@@]1(CCCCCCOc2ccc(Cl)cc2)CO1. The summed E-state index contributed by atoms with van der Waals surface area (Å²) >= 11 is 11.9. The Morgan fingerprint density at radius 3 is 2.39 bits per heavy atom. The van der Waals surface area contributed by atoms with Crippen LogP contribution in [0.25, 0.3) is 10.9 Å². The highest BCUT2D eigenvalue weighted by atomic mass is 35.5. The van der Waals surface area contributed by atoms with Gasteiger partial charge in [-0.2, -0.15) is 0 Å². The standard InChI is InChI=1S/C18H26ClN3.C17H23ClO4/c1-4-22(5-2)12-6-7-14(3)21-17-10-11-20-18-13-15(19)8-9-16(17)18;1-2-20-16(19)17(13-22-17)11-5-3-4-6-12-21-15-9-7-14(18)8-10-15/h8-11,13-14H,4-7,12H2,1-3H3,(H,20,21);7-10H,2-6,11-13H2,1H3/t;17-/m.1/s1. The molecule has 0 radical (unpaired) electrons. The first kappa shape index (κ1) is 35.9. The summed E-state index contributed by atoms with van der Waals surface area (Å²) in [6.07, 6.45) is 9.07. The second-order valence-corrected chi connectivity index (χ2v) is 12.1. The lowest BCUT2D eigenvalue weighted by molar-refractivity contribution is -0.149. The van der Waals surface area contributed by atoms with Gasteiger partial charge in [-0.15, -0.1) is 0 Å². The Kier molecular flexibility index (Phi) is 15.5. The molecule has 0 saturated carbocycles. The molecule has 3 aromatic rings. The fourth-order valence-corrected chi connectivity index (χ4v) is 5.34. The Morgan fingerprint density at radius 1 is 1.00 bits per heavy atom. The van der Waals surface area contributed by atoms with Crippen molar-refractivity contribution in [2.45, 2.75) is 84.3 Å². The minimum atomic E-state index is -0.629. The van der Waals surface area contributed by atoms with Crippen LogP contribution in [0.15, 0.2) is 54.7 Å². The summed E-state index contributed by atoms with van der Waals surface area (Å²) in [4.78, 5) is 18.6. The fourth-order valence-electron chi connectivity index (χ4n) is 5.05. The number of nitrogens with one attached hydrogen (secondary N) is 1. The van der Waals surface area contributed by atoms with E-state index >= 15 is 0 Å². The Labute approximate surface area is 273 Å². The summed E-state index contributed by atoms with van der Waals surface area (Å²) in [5, 5.41) is 6.18. The molecule has 1 fully saturated rings. The number of halogens is 2. The highest BCUT2D eigenvalue weighted by molar-refractivity contribution is 6.31. The maximum Gasteiger partial charge on any atom is 0.340 e. The van der Waals surface area contributed by atoms with Gasteiger partial charge < -0.3 is 24.4 Å². The average molecular weight is 647 g/mol. The van der Waals surface area contributed by atoms with Crippen LogP contribution in [-0.4, -0.2) is 67.0 Å². The summed E-state index contributed by atoms with van der Waals surface area (Å²) in [6, 6.07) is 15.7. The third-order valence-corrected chi connectivity index (χ3v) is 8.30. The number of aromatic nitrogens is 1. The van der Waals surface area contributed by atoms with E-state index in [-0.39, 0.29) is 5.97 Å². The topological polar surface area (TPSA) is 76.2 Å². The van der Waals surface area contributed by atoms with Crippen molar-refractivity contribution >= 4 is 45.8 Å². The van der Waals surface area contributed by atoms with Gasteiger partial charge in [0, 0.05) is 33.4 Å². The van der Waals surface area contributed by atoms with Gasteiger partial charge in [0.15, 0.2) is 5.60 Å². The van der Waals surface area contributed by atoms with Gasteiger partial charge in [0.05, 0.1) is 25.3 Å². The van der Waals surface area contributed by atoms with Gasteiger partial charge in [-0.1, -0.05) is 49.9 Å². The largest absolute Gasteiger partial charge is 0.494 e. The van der Waals surface area contributed by atoms with E-state index in [0.29, 0.717) is 30.9 Å². The summed E-state index contributed by atoms with van der Waals surface area (Å²) in [5.41, 5.74) is 1.44. The minimum absolute atomic E-state index is 0.207. The highest BCUT2D eigenvalue weighted by Gasteiger charge is 2.52. The predicted molar refractivity (Wildman–Crippen MR) is 182 cm³/mol. The van der Waals surface area contributed by atoms with Gasteiger partial charge in [0.2, 0.25) is 0 Å². The number of rotatable bonds is 18. The van der Waals surface area contributed by atoms with Crippen LogP contribution in [0.2, 0.25) is 10.0 Å². The molecule has 1 N–H and O–H groups in total. The molecular formula is C35H49Cl2N3O4. The van der Waals surface area contributed by atoms with Crippen molar-refractivity contribution in [2.24, 2.45) is 0 Å². The third-order valence-electron chi connectivity index (χ3n) is 7.81. The molecule has 1 aliphatic heterocycles. The second kappa shape index (κ2) is 19.1. The van der Waals surface area contributed by atoms with E-state index in [1.165, 1.54) is 13.0 Å². The van der Waals surface area contributed by atoms with Crippen LogP contribution < -0.4 is 10.1 Å². The quantitative estimate of drug-likeness (QED) is 0.0841. The zero-order valence-corrected chi connectivity index (χ0v) is 28.3. The summed E-state index contributed by atoms with van der Waals surface area (Å²) in [7, 11) is 0. The molecule has 7 nitrogen and oxygen atoms in total. The average Bonchev–Trinajstić information content (AvgIpc) is 3.81. The Balaban J connectivity index is 0.000000240. The van der Waals surface area contributed by atoms with Crippen molar-refractivity contribution in [3.8, 4) is 5.75 Å². The number of carbonyl (C=O) groups excluding carboxylic acids is 1. The fraction of sp³-hybridized carbons (Fsp3) is 0.543. The van der Waals surface area contributed by atoms with Crippen LogP contribution >= 0.6 is 23.2 Å². The predicted octanol–water partition coefficient (Wildman–Crippen LogP) is 8.81. The Bertz CT molecular complexity index is 1270. The van der Waals surface area contributed by atoms with Crippen LogP contribution in [0.4, 0.5) is 5.69 Å². The number of hydrogen-bond acceptors (Lipinski definition) is 7. The molecule has 2 heterocycles. The zero-order valence-electron chi connectivity index (χ0n) is 26.7. The molecule has 2 aromatic carbocycles. The number of unbranched alkanes of at least 4 members (excludes halogenated alkanes) is 3. The van der Waals surface area contributed by atoms with E-state index in [1.807, 2.05) is 61.7 Å². The van der Waals surface area contributed by atoms with Crippen LogP contribution in [0.5, 0.6) is 5.75 Å². The number of anilines is 1. The Hall–Kier alpha value is -2.58. The lowest BCUT2D eigenvalue weighted by Gasteiger charge is -2.20. The number of pyridine rings is 1. The van der Waals surface area contributed by atoms with Crippen molar-refractivity contribution in [3.63, 3.8) is 0 Å². The van der Waals surface area contributed by atoms with E-state index in [0.717, 1.165) is 79.0 Å². The van der Waals surface area contributed by atoms with E-state index in [9.17, 15) is 4.79 Å². The monoisotopic (exact) mass is 645 g/mol. The molecule has 1 aliphatic rings. The van der Waals surface area contributed by atoms with Crippen molar-refractivity contribution < 1.29 is 19.0 Å². The van der Waals surface area contributed by atoms with Crippen molar-refractivity contribution in [1.82, 2.24) is 9.88 Å². The molecule has 44 heavy (non-hydrogen) atoms.